The third kappa shape index (κ3) is 15.7. The number of hydrogen-bond donors (Lipinski definition) is 2. The zero-order valence-electron chi connectivity index (χ0n) is 49.7. The van der Waals surface area contributed by atoms with E-state index in [9.17, 15) is 35.9 Å². The maximum absolute atomic E-state index is 13.5. The number of benzene rings is 2. The number of nitrogens with one attached hydrogen (secondary N) is 2. The normalized spacial score (nSPS) is 13.3. The molecule has 1 aliphatic heterocycles. The molecular weight excluding hydrogens is 1270 g/mol. The highest BCUT2D eigenvalue weighted by atomic mass is 79.9. The molecule has 0 spiro atoms. The fourth-order valence-electron chi connectivity index (χ4n) is 8.05. The summed E-state index contributed by atoms with van der Waals surface area (Å²) in [6.07, 6.45) is 0.398. The van der Waals surface area contributed by atoms with Gasteiger partial charge in [0.25, 0.3) is 0 Å². The largest absolute Gasteiger partial charge is 0.497 e. The van der Waals surface area contributed by atoms with E-state index in [1.54, 1.807) is 54.9 Å². The number of aromatic nitrogens is 10. The molecule has 22 nitrogen and oxygen atoms in total. The number of aryl methyl sites for hydroxylation is 2. The SMILES string of the molecule is COC(=O)c1cc(-c2cnc(Nc3cc(OC)cc(OC)c3)nc2-n2nc(C(F)(F)F)cc2C)cnc1SC.COC(=O)c1cc(B2OC(C)(C)C(C)(C)O2)cnc1SC.COc1cc(Nc2ncc(Br)c(-n3nc(C(F)(F)F)cc3C)n2)cc(OC)c1. The molecule has 7 heterocycles. The first-order valence-electron chi connectivity index (χ1n) is 25.8. The molecule has 0 aliphatic carbocycles. The number of rotatable bonds is 16. The molecule has 0 radical (unpaired) electrons. The van der Waals surface area contributed by atoms with Gasteiger partial charge < -0.3 is 48.4 Å². The minimum atomic E-state index is -4.67. The Morgan fingerprint density at radius 2 is 0.977 bits per heavy atom. The van der Waals surface area contributed by atoms with Gasteiger partial charge in [-0.2, -0.15) is 46.5 Å². The van der Waals surface area contributed by atoms with E-state index in [0.29, 0.717) is 65.5 Å². The molecular formula is C56H58BBrF6N12O10S2. The first-order chi connectivity index (χ1) is 41.5. The van der Waals surface area contributed by atoms with Crippen LogP contribution in [0.5, 0.6) is 23.0 Å². The maximum atomic E-state index is 13.5. The van der Waals surface area contributed by atoms with Crippen molar-refractivity contribution in [1.29, 1.82) is 0 Å². The van der Waals surface area contributed by atoms with Crippen molar-refractivity contribution in [2.45, 2.75) is 75.1 Å². The molecule has 0 atom stereocenters. The molecule has 1 fully saturated rings. The van der Waals surface area contributed by atoms with Gasteiger partial charge in [-0.15, -0.1) is 23.5 Å². The van der Waals surface area contributed by atoms with Crippen molar-refractivity contribution in [3.05, 3.63) is 124 Å². The minimum absolute atomic E-state index is 0.0323. The molecule has 9 rings (SSSR count). The molecule has 0 bridgehead atoms. The van der Waals surface area contributed by atoms with Gasteiger partial charge in [-0.05, 0) is 94.2 Å². The zero-order valence-corrected chi connectivity index (χ0v) is 52.9. The molecule has 2 N–H and O–H groups in total. The number of halogens is 7. The van der Waals surface area contributed by atoms with Gasteiger partial charge in [-0.25, -0.2) is 38.9 Å². The number of pyridine rings is 2. The predicted octanol–water partition coefficient (Wildman–Crippen LogP) is 11.7. The van der Waals surface area contributed by atoms with Crippen LogP contribution in [-0.2, 0) is 31.1 Å². The van der Waals surface area contributed by atoms with Gasteiger partial charge in [0.15, 0.2) is 23.0 Å². The quantitative estimate of drug-likeness (QED) is 0.0395. The number of hydrogen-bond acceptors (Lipinski definition) is 22. The van der Waals surface area contributed by atoms with Crippen LogP contribution in [0.1, 0.15) is 71.2 Å². The van der Waals surface area contributed by atoms with Crippen molar-refractivity contribution < 1.29 is 73.7 Å². The van der Waals surface area contributed by atoms with Crippen molar-refractivity contribution in [3.8, 4) is 45.8 Å². The van der Waals surface area contributed by atoms with Crippen molar-refractivity contribution in [3.63, 3.8) is 0 Å². The maximum Gasteiger partial charge on any atom is 0.496 e. The highest BCUT2D eigenvalue weighted by Gasteiger charge is 2.52. The zero-order chi connectivity index (χ0) is 64.6. The Morgan fingerprint density at radius 3 is 1.39 bits per heavy atom. The summed E-state index contributed by atoms with van der Waals surface area (Å²) in [6.45, 7) is 10.9. The van der Waals surface area contributed by atoms with E-state index in [1.807, 2.05) is 34.0 Å². The molecule has 6 aromatic heterocycles. The second-order valence-electron chi connectivity index (χ2n) is 19.6. The Balaban J connectivity index is 0.000000198. The van der Waals surface area contributed by atoms with Gasteiger partial charge in [0.05, 0.1) is 69.5 Å². The van der Waals surface area contributed by atoms with Crippen LogP contribution in [0, 0.1) is 13.8 Å². The van der Waals surface area contributed by atoms with Crippen LogP contribution in [-0.4, -0.2) is 135 Å². The number of carbonyl (C=O) groups is 2. The summed E-state index contributed by atoms with van der Waals surface area (Å²) in [4.78, 5) is 50.2. The van der Waals surface area contributed by atoms with Gasteiger partial charge in [-0.3, -0.25) is 0 Å². The van der Waals surface area contributed by atoms with Crippen LogP contribution < -0.4 is 35.0 Å². The van der Waals surface area contributed by atoms with E-state index < -0.39 is 54.0 Å². The Labute approximate surface area is 518 Å². The van der Waals surface area contributed by atoms with E-state index in [4.69, 9.17) is 37.7 Å². The van der Waals surface area contributed by atoms with Gasteiger partial charge in [0.2, 0.25) is 11.9 Å². The van der Waals surface area contributed by atoms with Gasteiger partial charge >= 0.3 is 31.4 Å². The lowest BCUT2D eigenvalue weighted by atomic mass is 9.80. The number of esters is 2. The Kier molecular flexibility index (Phi) is 21.3. The molecule has 88 heavy (non-hydrogen) atoms. The van der Waals surface area contributed by atoms with Crippen LogP contribution in [0.4, 0.5) is 49.6 Å². The summed E-state index contributed by atoms with van der Waals surface area (Å²) >= 11 is 5.90. The van der Waals surface area contributed by atoms with Gasteiger partial charge in [0.1, 0.15) is 33.0 Å². The minimum Gasteiger partial charge on any atom is -0.497 e. The summed E-state index contributed by atoms with van der Waals surface area (Å²) in [7, 11) is 8.10. The number of ether oxygens (including phenoxy) is 6. The lowest BCUT2D eigenvalue weighted by molar-refractivity contribution is -0.142. The van der Waals surface area contributed by atoms with E-state index in [-0.39, 0.29) is 46.0 Å². The molecule has 8 aromatic rings. The van der Waals surface area contributed by atoms with Crippen LogP contribution >= 0.6 is 39.5 Å². The Hall–Kier alpha value is -8.20. The predicted molar refractivity (Wildman–Crippen MR) is 321 cm³/mol. The third-order valence-electron chi connectivity index (χ3n) is 13.2. The number of nitrogens with zero attached hydrogens (tertiary/aromatic N) is 10. The molecule has 466 valence electrons. The van der Waals surface area contributed by atoms with E-state index in [1.165, 1.54) is 105 Å². The van der Waals surface area contributed by atoms with E-state index >= 15 is 0 Å². The number of thioether (sulfide) groups is 2. The third-order valence-corrected chi connectivity index (χ3v) is 15.2. The molecule has 32 heteroatoms. The smallest absolute Gasteiger partial charge is 0.496 e. The average molecular weight is 1330 g/mol. The summed E-state index contributed by atoms with van der Waals surface area (Å²) in [5.74, 6) is 1.51. The van der Waals surface area contributed by atoms with Crippen LogP contribution in [0.3, 0.4) is 0 Å². The van der Waals surface area contributed by atoms with Crippen LogP contribution in [0.2, 0.25) is 0 Å². The monoisotopic (exact) mass is 1330 g/mol. The molecule has 0 saturated carbocycles. The lowest BCUT2D eigenvalue weighted by Gasteiger charge is -2.32. The molecule has 0 amide bonds. The highest BCUT2D eigenvalue weighted by Crippen LogP contribution is 2.38. The molecule has 0 unspecified atom stereocenters. The number of carbonyl (C=O) groups excluding carboxylic acids is 2. The van der Waals surface area contributed by atoms with Gasteiger partial charge in [-0.1, -0.05) is 0 Å². The number of anilines is 4. The lowest BCUT2D eigenvalue weighted by Crippen LogP contribution is -2.41. The number of alkyl halides is 6. The van der Waals surface area contributed by atoms with E-state index in [0.717, 1.165) is 21.5 Å². The standard InChI is InChI=1S/C25H23F3N6O4S.C17H15BrF3N5O2.C14H20BNO4S/c1-13-6-20(25(26,27)28)33-34(13)21-19(14-7-18(23(35)38-4)22(39-5)29-11-14)12-30-24(32-21)31-15-8-16(36-2)10-17(9-15)37-3;1-9-4-14(17(19,20)21)25-26(9)15-13(18)8-22-16(24-15)23-10-5-11(27-2)7-12(6-10)28-3;1-13(2)14(3,4)20-15(19-13)9-7-10(12(17)18-5)11(21-6)16-8-9/h6-12H,1-5H3,(H,30,31,32);4-8H,1-3H3,(H,22,23,24);7-8H,1-6H3. The molecule has 2 aromatic carbocycles. The topological polar surface area (TPSA) is 245 Å². The van der Waals surface area contributed by atoms with Crippen molar-refractivity contribution in [2.75, 3.05) is 65.8 Å². The number of methoxy groups -OCH3 is 6. The summed E-state index contributed by atoms with van der Waals surface area (Å²) < 4.78 is 124. The van der Waals surface area contributed by atoms with Crippen molar-refractivity contribution >= 4 is 87.2 Å². The van der Waals surface area contributed by atoms with Crippen LogP contribution in [0.25, 0.3) is 22.8 Å². The fraction of sp³-hybridized carbons (Fsp3) is 0.321. The second-order valence-corrected chi connectivity index (χ2v) is 22.0. The Morgan fingerprint density at radius 1 is 0.568 bits per heavy atom. The van der Waals surface area contributed by atoms with Crippen molar-refractivity contribution in [2.24, 2.45) is 0 Å². The average Bonchev–Trinajstić information content (AvgIpc) is 1.64. The van der Waals surface area contributed by atoms with Crippen LogP contribution in [0.15, 0.2) is 100.0 Å². The van der Waals surface area contributed by atoms with E-state index in [2.05, 4.69) is 66.7 Å². The first-order valence-corrected chi connectivity index (χ1v) is 29.0. The molecule has 1 aliphatic rings. The summed E-state index contributed by atoms with van der Waals surface area (Å²) in [5, 5.41) is 14.4. The highest BCUT2D eigenvalue weighted by molar-refractivity contribution is 9.10. The fourth-order valence-corrected chi connectivity index (χ4v) is 9.45. The molecule has 1 saturated heterocycles. The second kappa shape index (κ2) is 27.9. The first kappa shape index (κ1) is 67.3. The summed E-state index contributed by atoms with van der Waals surface area (Å²) in [6, 6.07) is 15.3. The van der Waals surface area contributed by atoms with Gasteiger partial charge in [0, 0.05) is 101 Å². The summed E-state index contributed by atoms with van der Waals surface area (Å²) in [5.41, 5.74) is 0.605. The Bertz CT molecular complexity index is 3780. The van der Waals surface area contributed by atoms with Crippen molar-refractivity contribution in [1.82, 2.24) is 49.5 Å².